The molecule has 2 aromatic rings. The zero-order chi connectivity index (χ0) is 11.7. The van der Waals surface area contributed by atoms with Crippen LogP contribution in [0, 0.1) is 0 Å². The van der Waals surface area contributed by atoms with Crippen LogP contribution in [-0.4, -0.2) is 11.0 Å². The van der Waals surface area contributed by atoms with E-state index in [2.05, 4.69) is 47.2 Å². The van der Waals surface area contributed by atoms with Crippen LogP contribution in [0.3, 0.4) is 0 Å². The standard InChI is InChI=1S/C15H14N2/c1-2-4-13-9-8-12-7-6-11-5-3-10-16-14(11)15(12)17-13/h2-3,5-10,13,17H,1,4H2. The van der Waals surface area contributed by atoms with E-state index in [1.54, 1.807) is 0 Å². The summed E-state index contributed by atoms with van der Waals surface area (Å²) in [7, 11) is 0. The minimum absolute atomic E-state index is 0.326. The van der Waals surface area contributed by atoms with Crippen molar-refractivity contribution in [3.8, 4) is 0 Å². The molecule has 0 radical (unpaired) electrons. The Bertz CT molecular complexity index is 599. The van der Waals surface area contributed by atoms with Crippen molar-refractivity contribution < 1.29 is 0 Å². The summed E-state index contributed by atoms with van der Waals surface area (Å²) in [6, 6.07) is 8.63. The maximum absolute atomic E-state index is 4.47. The average molecular weight is 222 g/mol. The average Bonchev–Trinajstić information content (AvgIpc) is 2.39. The highest BCUT2D eigenvalue weighted by atomic mass is 14.9. The van der Waals surface area contributed by atoms with Crippen molar-refractivity contribution in [2.45, 2.75) is 12.5 Å². The molecular formula is C15H14N2. The topological polar surface area (TPSA) is 24.9 Å². The summed E-state index contributed by atoms with van der Waals surface area (Å²) in [4.78, 5) is 4.47. The highest BCUT2D eigenvalue weighted by Crippen LogP contribution is 2.30. The molecule has 1 atom stereocenters. The van der Waals surface area contributed by atoms with E-state index in [0.29, 0.717) is 6.04 Å². The fraction of sp³-hybridized carbons (Fsp3) is 0.133. The van der Waals surface area contributed by atoms with Crippen molar-refractivity contribution in [1.29, 1.82) is 0 Å². The predicted octanol–water partition coefficient (Wildman–Crippen LogP) is 3.62. The first-order valence-corrected chi connectivity index (χ1v) is 5.82. The lowest BCUT2D eigenvalue weighted by atomic mass is 10.0. The minimum Gasteiger partial charge on any atom is -0.376 e. The van der Waals surface area contributed by atoms with Gasteiger partial charge in [-0.05, 0) is 18.1 Å². The van der Waals surface area contributed by atoms with Gasteiger partial charge < -0.3 is 5.32 Å². The molecule has 0 spiro atoms. The van der Waals surface area contributed by atoms with Gasteiger partial charge >= 0.3 is 0 Å². The predicted molar refractivity (Wildman–Crippen MR) is 73.0 cm³/mol. The number of nitrogens with zero attached hydrogens (tertiary/aromatic N) is 1. The first-order chi connectivity index (χ1) is 8.38. The van der Waals surface area contributed by atoms with E-state index in [4.69, 9.17) is 0 Å². The van der Waals surface area contributed by atoms with Gasteiger partial charge in [-0.3, -0.25) is 4.98 Å². The van der Waals surface area contributed by atoms with Crippen LogP contribution >= 0.6 is 0 Å². The number of aromatic nitrogens is 1. The third kappa shape index (κ3) is 1.72. The Hall–Kier alpha value is -2.09. The third-order valence-corrected chi connectivity index (χ3v) is 3.07. The molecule has 2 heteroatoms. The molecule has 0 fully saturated rings. The van der Waals surface area contributed by atoms with Crippen LogP contribution in [0.25, 0.3) is 17.0 Å². The van der Waals surface area contributed by atoms with Gasteiger partial charge in [-0.25, -0.2) is 0 Å². The SMILES string of the molecule is C=CCC1C=Cc2ccc3cccnc3c2N1. The summed E-state index contributed by atoms with van der Waals surface area (Å²) in [5.41, 5.74) is 3.39. The zero-order valence-corrected chi connectivity index (χ0v) is 9.56. The number of pyridine rings is 1. The molecular weight excluding hydrogens is 208 g/mol. The summed E-state index contributed by atoms with van der Waals surface area (Å²) in [5, 5.41) is 4.69. The summed E-state index contributed by atoms with van der Waals surface area (Å²) in [6.45, 7) is 3.78. The zero-order valence-electron chi connectivity index (χ0n) is 9.56. The van der Waals surface area contributed by atoms with Gasteiger partial charge in [0, 0.05) is 17.6 Å². The highest BCUT2D eigenvalue weighted by Gasteiger charge is 2.14. The van der Waals surface area contributed by atoms with Gasteiger partial charge in [0.15, 0.2) is 0 Å². The van der Waals surface area contributed by atoms with E-state index in [1.807, 2.05) is 18.3 Å². The molecule has 2 heterocycles. The van der Waals surface area contributed by atoms with E-state index in [-0.39, 0.29) is 0 Å². The van der Waals surface area contributed by atoms with E-state index in [1.165, 1.54) is 10.9 Å². The molecule has 1 aromatic heterocycles. The van der Waals surface area contributed by atoms with Crippen molar-refractivity contribution in [2.75, 3.05) is 5.32 Å². The summed E-state index contributed by atoms with van der Waals surface area (Å²) < 4.78 is 0. The van der Waals surface area contributed by atoms with Crippen molar-refractivity contribution >= 4 is 22.7 Å². The molecule has 0 amide bonds. The van der Waals surface area contributed by atoms with Crippen molar-refractivity contribution in [2.24, 2.45) is 0 Å². The van der Waals surface area contributed by atoms with E-state index >= 15 is 0 Å². The van der Waals surface area contributed by atoms with Crippen LogP contribution in [-0.2, 0) is 0 Å². The third-order valence-electron chi connectivity index (χ3n) is 3.07. The molecule has 1 aromatic carbocycles. The Balaban J connectivity index is 2.14. The lowest BCUT2D eigenvalue weighted by Gasteiger charge is -2.22. The monoisotopic (exact) mass is 222 g/mol. The normalized spacial score (nSPS) is 17.5. The lowest BCUT2D eigenvalue weighted by molar-refractivity contribution is 0.893. The van der Waals surface area contributed by atoms with Crippen LogP contribution < -0.4 is 5.32 Å². The van der Waals surface area contributed by atoms with Crippen LogP contribution in [0.1, 0.15) is 12.0 Å². The Labute approximate surface area is 101 Å². The largest absolute Gasteiger partial charge is 0.376 e. The second-order valence-corrected chi connectivity index (χ2v) is 4.24. The molecule has 2 nitrogen and oxygen atoms in total. The van der Waals surface area contributed by atoms with Gasteiger partial charge in [-0.15, -0.1) is 6.58 Å². The van der Waals surface area contributed by atoms with Gasteiger partial charge in [-0.2, -0.15) is 0 Å². The Morgan fingerprint density at radius 1 is 1.35 bits per heavy atom. The Kier molecular flexibility index (Phi) is 2.41. The van der Waals surface area contributed by atoms with Crippen LogP contribution in [0.15, 0.2) is 49.2 Å². The molecule has 1 aliphatic rings. The molecule has 84 valence electrons. The van der Waals surface area contributed by atoms with Crippen molar-refractivity contribution in [1.82, 2.24) is 4.98 Å². The first-order valence-electron chi connectivity index (χ1n) is 5.82. The molecule has 1 aliphatic heterocycles. The molecule has 1 N–H and O–H groups in total. The number of anilines is 1. The molecule has 17 heavy (non-hydrogen) atoms. The molecule has 0 aliphatic carbocycles. The summed E-state index contributed by atoms with van der Waals surface area (Å²) >= 11 is 0. The molecule has 1 unspecified atom stereocenters. The lowest BCUT2D eigenvalue weighted by Crippen LogP contribution is -2.19. The number of benzene rings is 1. The highest BCUT2D eigenvalue weighted by molar-refractivity contribution is 5.96. The Morgan fingerprint density at radius 2 is 2.29 bits per heavy atom. The number of rotatable bonds is 2. The van der Waals surface area contributed by atoms with E-state index in [9.17, 15) is 0 Å². The fourth-order valence-corrected chi connectivity index (χ4v) is 2.22. The summed E-state index contributed by atoms with van der Waals surface area (Å²) in [6.07, 6.45) is 9.04. The smallest absolute Gasteiger partial charge is 0.0939 e. The molecule has 0 saturated carbocycles. The number of hydrogen-bond donors (Lipinski definition) is 1. The first kappa shape index (κ1) is 10.1. The van der Waals surface area contributed by atoms with Crippen LogP contribution in [0.4, 0.5) is 5.69 Å². The van der Waals surface area contributed by atoms with Gasteiger partial charge in [0.2, 0.25) is 0 Å². The molecule has 0 saturated heterocycles. The second kappa shape index (κ2) is 4.06. The van der Waals surface area contributed by atoms with Crippen molar-refractivity contribution in [3.05, 3.63) is 54.8 Å². The van der Waals surface area contributed by atoms with Gasteiger partial charge in [-0.1, -0.05) is 36.4 Å². The molecule has 0 bridgehead atoms. The van der Waals surface area contributed by atoms with Crippen LogP contribution in [0.2, 0.25) is 0 Å². The van der Waals surface area contributed by atoms with Crippen molar-refractivity contribution in [3.63, 3.8) is 0 Å². The second-order valence-electron chi connectivity index (χ2n) is 4.24. The number of fused-ring (bicyclic) bond motifs is 3. The quantitative estimate of drug-likeness (QED) is 0.785. The minimum atomic E-state index is 0.326. The van der Waals surface area contributed by atoms with E-state index < -0.39 is 0 Å². The molecule has 3 rings (SSSR count). The fourth-order valence-electron chi connectivity index (χ4n) is 2.22. The van der Waals surface area contributed by atoms with Gasteiger partial charge in [0.05, 0.1) is 11.2 Å². The Morgan fingerprint density at radius 3 is 3.18 bits per heavy atom. The summed E-state index contributed by atoms with van der Waals surface area (Å²) in [5.74, 6) is 0. The van der Waals surface area contributed by atoms with Gasteiger partial charge in [0.25, 0.3) is 0 Å². The maximum atomic E-state index is 4.47. The van der Waals surface area contributed by atoms with Gasteiger partial charge in [0.1, 0.15) is 0 Å². The van der Waals surface area contributed by atoms with E-state index in [0.717, 1.165) is 17.6 Å². The number of hydrogen-bond acceptors (Lipinski definition) is 2. The maximum Gasteiger partial charge on any atom is 0.0939 e. The number of nitrogens with one attached hydrogen (secondary N) is 1. The van der Waals surface area contributed by atoms with Crippen LogP contribution in [0.5, 0.6) is 0 Å².